The molecule has 1 atom stereocenters. The Balaban J connectivity index is 1.86. The van der Waals surface area contributed by atoms with Crippen LogP contribution in [-0.2, 0) is 0 Å². The molecular formula is C22H20FN5O2. The highest BCUT2D eigenvalue weighted by Gasteiger charge is 2.27. The van der Waals surface area contributed by atoms with Crippen molar-refractivity contribution in [2.75, 3.05) is 5.32 Å². The maximum atomic E-state index is 13.4. The van der Waals surface area contributed by atoms with E-state index in [-0.39, 0.29) is 12.2 Å². The van der Waals surface area contributed by atoms with Crippen molar-refractivity contribution in [2.45, 2.75) is 25.6 Å². The van der Waals surface area contributed by atoms with Crippen LogP contribution in [0.3, 0.4) is 0 Å². The highest BCUT2D eigenvalue weighted by molar-refractivity contribution is 6.02. The van der Waals surface area contributed by atoms with Crippen LogP contribution in [-0.4, -0.2) is 25.9 Å². The lowest BCUT2D eigenvalue weighted by Gasteiger charge is -2.21. The van der Waals surface area contributed by atoms with Crippen molar-refractivity contribution in [3.8, 4) is 22.4 Å². The summed E-state index contributed by atoms with van der Waals surface area (Å²) >= 11 is 0. The van der Waals surface area contributed by atoms with E-state index in [0.29, 0.717) is 17.9 Å². The number of halogens is 1. The zero-order chi connectivity index (χ0) is 21.1. The van der Waals surface area contributed by atoms with E-state index in [1.807, 2.05) is 25.1 Å². The van der Waals surface area contributed by atoms with Crippen LogP contribution in [0.4, 0.5) is 10.2 Å². The fourth-order valence-corrected chi connectivity index (χ4v) is 3.48. The van der Waals surface area contributed by atoms with Gasteiger partial charge in [-0.1, -0.05) is 6.92 Å². The number of H-pyrrole nitrogens is 1. The summed E-state index contributed by atoms with van der Waals surface area (Å²) < 4.78 is 13.4. The molecule has 0 aliphatic carbocycles. The summed E-state index contributed by atoms with van der Waals surface area (Å²) in [5, 5.41) is 16.7. The number of nitrogens with one attached hydrogen (secondary N) is 2. The van der Waals surface area contributed by atoms with Gasteiger partial charge in [-0.05, 0) is 71.3 Å². The van der Waals surface area contributed by atoms with Crippen molar-refractivity contribution in [3.05, 3.63) is 71.6 Å². The first kappa shape index (κ1) is 19.7. The predicted octanol–water partition coefficient (Wildman–Crippen LogP) is 5.06. The molecule has 3 aromatic heterocycles. The minimum absolute atomic E-state index is 0.157. The van der Waals surface area contributed by atoms with Gasteiger partial charge in [-0.15, -0.1) is 4.91 Å². The minimum Gasteiger partial charge on any atom is -0.350 e. The molecule has 0 fully saturated rings. The van der Waals surface area contributed by atoms with E-state index in [1.54, 1.807) is 30.6 Å². The van der Waals surface area contributed by atoms with Crippen LogP contribution in [0.5, 0.6) is 0 Å². The largest absolute Gasteiger partial charge is 0.350 e. The molecule has 30 heavy (non-hydrogen) atoms. The van der Waals surface area contributed by atoms with Crippen molar-refractivity contribution in [1.29, 1.82) is 0 Å². The van der Waals surface area contributed by atoms with Gasteiger partial charge in [0.1, 0.15) is 17.3 Å². The van der Waals surface area contributed by atoms with Crippen molar-refractivity contribution < 1.29 is 9.50 Å². The number of fused-ring (bicyclic) bond motifs is 1. The fraction of sp³-hybridized carbons (Fsp3) is 0.182. The van der Waals surface area contributed by atoms with E-state index in [1.165, 1.54) is 12.1 Å². The smallest absolute Gasteiger partial charge is 0.274 e. The molecule has 0 saturated carbocycles. The number of nitroso groups, excluding NO2 is 1. The predicted molar refractivity (Wildman–Crippen MR) is 114 cm³/mol. The van der Waals surface area contributed by atoms with Crippen LogP contribution in [0.25, 0.3) is 33.4 Å². The van der Waals surface area contributed by atoms with Gasteiger partial charge < -0.3 is 15.4 Å². The zero-order valence-electron chi connectivity index (χ0n) is 16.3. The summed E-state index contributed by atoms with van der Waals surface area (Å²) in [6.07, 6.45) is 4.13. The van der Waals surface area contributed by atoms with E-state index in [2.05, 4.69) is 25.4 Å². The van der Waals surface area contributed by atoms with E-state index in [0.717, 1.165) is 27.8 Å². The van der Waals surface area contributed by atoms with Crippen molar-refractivity contribution in [3.63, 3.8) is 0 Å². The topological polar surface area (TPSA) is 103 Å². The number of aromatic nitrogens is 3. The van der Waals surface area contributed by atoms with Crippen LogP contribution in [0.1, 0.15) is 19.8 Å². The van der Waals surface area contributed by atoms with Gasteiger partial charge in [0.05, 0.1) is 5.69 Å². The second-order valence-corrected chi connectivity index (χ2v) is 6.99. The summed E-state index contributed by atoms with van der Waals surface area (Å²) in [6.45, 7) is 1.84. The third-order valence-corrected chi connectivity index (χ3v) is 4.84. The van der Waals surface area contributed by atoms with Gasteiger partial charge in [0.2, 0.25) is 0 Å². The van der Waals surface area contributed by atoms with Crippen LogP contribution in [0.2, 0.25) is 0 Å². The normalized spacial score (nSPS) is 13.2. The highest BCUT2D eigenvalue weighted by Crippen LogP contribution is 2.38. The standard InChI is InChI=1S/C22H20FN5O2/c1-2-11-22(29,28-30)27-18-8-7-17-19(14-9-12-24-13-10-14)20(26-21(17)25-18)15-3-5-16(23)6-4-15/h3-10,12-13,29H,2,11H2,1H3,(H2,25,26,27). The maximum Gasteiger partial charge on any atom is 0.274 e. The first-order valence-corrected chi connectivity index (χ1v) is 9.57. The maximum absolute atomic E-state index is 13.4. The number of nitrogens with zero attached hydrogens (tertiary/aromatic N) is 3. The molecule has 0 spiro atoms. The first-order valence-electron chi connectivity index (χ1n) is 9.57. The van der Waals surface area contributed by atoms with Crippen molar-refractivity contribution >= 4 is 16.9 Å². The second kappa shape index (κ2) is 8.00. The van der Waals surface area contributed by atoms with E-state index < -0.39 is 5.85 Å². The number of rotatable bonds is 7. The van der Waals surface area contributed by atoms with Gasteiger partial charge in [-0.2, -0.15) is 0 Å². The summed E-state index contributed by atoms with van der Waals surface area (Å²) in [6, 6.07) is 13.5. The Bertz CT molecular complexity index is 1180. The molecule has 152 valence electrons. The Hall–Kier alpha value is -3.65. The number of pyridine rings is 2. The fourth-order valence-electron chi connectivity index (χ4n) is 3.48. The lowest BCUT2D eigenvalue weighted by Crippen LogP contribution is -2.35. The van der Waals surface area contributed by atoms with Crippen molar-refractivity contribution in [1.82, 2.24) is 15.0 Å². The van der Waals surface area contributed by atoms with Gasteiger partial charge in [0, 0.05) is 29.8 Å². The summed E-state index contributed by atoms with van der Waals surface area (Å²) in [5.41, 5.74) is 3.95. The number of aromatic amines is 1. The number of benzene rings is 1. The molecule has 0 saturated heterocycles. The minimum atomic E-state index is -1.92. The Labute approximate surface area is 172 Å². The summed E-state index contributed by atoms with van der Waals surface area (Å²) in [5.74, 6) is -1.93. The third-order valence-electron chi connectivity index (χ3n) is 4.84. The Morgan fingerprint density at radius 3 is 2.50 bits per heavy atom. The SMILES string of the molecule is CCCC(O)(N=O)Nc1ccc2c(-c3ccncc3)c(-c3ccc(F)cc3)[nH]c2n1. The van der Waals surface area contributed by atoms with E-state index in [4.69, 9.17) is 0 Å². The van der Waals surface area contributed by atoms with Gasteiger partial charge in [0.25, 0.3) is 5.85 Å². The molecule has 0 bridgehead atoms. The number of aliphatic hydroxyl groups is 1. The molecule has 0 aliphatic rings. The molecule has 4 rings (SSSR count). The van der Waals surface area contributed by atoms with Gasteiger partial charge in [-0.3, -0.25) is 4.98 Å². The van der Waals surface area contributed by atoms with Gasteiger partial charge in [0.15, 0.2) is 0 Å². The molecular weight excluding hydrogens is 385 g/mol. The molecule has 3 heterocycles. The first-order chi connectivity index (χ1) is 14.5. The summed E-state index contributed by atoms with van der Waals surface area (Å²) in [4.78, 5) is 23.0. The van der Waals surface area contributed by atoms with E-state index >= 15 is 0 Å². The Morgan fingerprint density at radius 2 is 1.83 bits per heavy atom. The monoisotopic (exact) mass is 405 g/mol. The third kappa shape index (κ3) is 3.77. The highest BCUT2D eigenvalue weighted by atomic mass is 19.1. The van der Waals surface area contributed by atoms with Crippen LogP contribution in [0, 0.1) is 10.7 Å². The average Bonchev–Trinajstić information content (AvgIpc) is 3.13. The molecule has 3 N–H and O–H groups in total. The average molecular weight is 405 g/mol. The molecule has 0 amide bonds. The van der Waals surface area contributed by atoms with Crippen LogP contribution >= 0.6 is 0 Å². The van der Waals surface area contributed by atoms with Crippen LogP contribution < -0.4 is 5.32 Å². The number of anilines is 1. The Kier molecular flexibility index (Phi) is 5.24. The molecule has 1 aromatic carbocycles. The molecule has 1 unspecified atom stereocenters. The zero-order valence-corrected chi connectivity index (χ0v) is 16.3. The van der Waals surface area contributed by atoms with E-state index in [9.17, 15) is 14.4 Å². The molecule has 4 aromatic rings. The number of hydrogen-bond donors (Lipinski definition) is 3. The van der Waals surface area contributed by atoms with Crippen LogP contribution in [0.15, 0.2) is 66.1 Å². The molecule has 8 heteroatoms. The quantitative estimate of drug-likeness (QED) is 0.295. The van der Waals surface area contributed by atoms with Gasteiger partial charge in [-0.25, -0.2) is 9.37 Å². The number of hydrogen-bond acceptors (Lipinski definition) is 6. The Morgan fingerprint density at radius 1 is 1.10 bits per heavy atom. The molecule has 7 nitrogen and oxygen atoms in total. The van der Waals surface area contributed by atoms with Gasteiger partial charge >= 0.3 is 0 Å². The second-order valence-electron chi connectivity index (χ2n) is 6.99. The molecule has 0 radical (unpaired) electrons. The lowest BCUT2D eigenvalue weighted by atomic mass is 10.00. The van der Waals surface area contributed by atoms with Crippen molar-refractivity contribution in [2.24, 2.45) is 5.18 Å². The lowest BCUT2D eigenvalue weighted by molar-refractivity contribution is 0.0673. The molecule has 0 aliphatic heterocycles. The summed E-state index contributed by atoms with van der Waals surface area (Å²) in [7, 11) is 0.